The van der Waals surface area contributed by atoms with Crippen molar-refractivity contribution in [3.63, 3.8) is 0 Å². The first-order valence-electron chi connectivity index (χ1n) is 7.40. The third kappa shape index (κ3) is 2.38. The molecule has 118 valence electrons. The summed E-state index contributed by atoms with van der Waals surface area (Å²) in [6.07, 6.45) is 2.32. The first-order valence-corrected chi connectivity index (χ1v) is 8.16. The van der Waals surface area contributed by atoms with Gasteiger partial charge in [-0.25, -0.2) is 0 Å². The number of nitrogens with one attached hydrogen (secondary N) is 1. The summed E-state index contributed by atoms with van der Waals surface area (Å²) in [5.41, 5.74) is 0.338. The predicted molar refractivity (Wildman–Crippen MR) is 84.0 cm³/mol. The highest BCUT2D eigenvalue weighted by molar-refractivity contribution is 6.42. The zero-order valence-corrected chi connectivity index (χ0v) is 13.7. The fraction of sp³-hybridized carbons (Fsp3) is 0.500. The van der Waals surface area contributed by atoms with Crippen molar-refractivity contribution >= 4 is 35.1 Å². The van der Waals surface area contributed by atoms with Crippen LogP contribution in [0.4, 0.5) is 0 Å². The summed E-state index contributed by atoms with van der Waals surface area (Å²) in [7, 11) is 0. The Morgan fingerprint density at radius 1 is 1.41 bits per heavy atom. The normalized spacial score (nSPS) is 30.0. The van der Waals surface area contributed by atoms with Crippen LogP contribution in [0, 0.1) is 5.92 Å². The van der Waals surface area contributed by atoms with Gasteiger partial charge in [0, 0.05) is 11.5 Å². The zero-order chi connectivity index (χ0) is 15.9. The van der Waals surface area contributed by atoms with Crippen molar-refractivity contribution in [1.29, 1.82) is 0 Å². The van der Waals surface area contributed by atoms with Gasteiger partial charge in [-0.3, -0.25) is 9.59 Å². The van der Waals surface area contributed by atoms with Crippen LogP contribution in [0.2, 0.25) is 10.0 Å². The molecule has 1 aromatic carbocycles. The summed E-state index contributed by atoms with van der Waals surface area (Å²) in [4.78, 5) is 24.8. The standard InChI is InChI=1S/C16H17Cl2NO3/c1-2-22-15(21)13-14(20)19-10-5-6-16(13,8-10)9-3-4-11(17)12(18)7-9/h3-4,7,10,13H,2,5-6,8H2,1H3,(H,19,20)/t10-,13-,16-/m0/s1. The molecule has 1 aromatic rings. The molecule has 1 saturated carbocycles. The van der Waals surface area contributed by atoms with E-state index in [1.807, 2.05) is 6.07 Å². The second kappa shape index (κ2) is 5.74. The average Bonchev–Trinajstić information content (AvgIpc) is 2.81. The fourth-order valence-corrected chi connectivity index (χ4v) is 4.09. The molecule has 2 bridgehead atoms. The van der Waals surface area contributed by atoms with Crippen molar-refractivity contribution in [3.8, 4) is 0 Å². The summed E-state index contributed by atoms with van der Waals surface area (Å²) in [6, 6.07) is 5.46. The predicted octanol–water partition coefficient (Wildman–Crippen LogP) is 3.09. The molecule has 3 rings (SSSR count). The lowest BCUT2D eigenvalue weighted by molar-refractivity contribution is -0.156. The minimum atomic E-state index is -0.830. The summed E-state index contributed by atoms with van der Waals surface area (Å²) < 4.78 is 5.14. The number of fused-ring (bicyclic) bond motifs is 2. The monoisotopic (exact) mass is 341 g/mol. The Morgan fingerprint density at radius 2 is 2.18 bits per heavy atom. The Balaban J connectivity index is 2.07. The Labute approximate surface area is 139 Å². The summed E-state index contributed by atoms with van der Waals surface area (Å²) in [5.74, 6) is -1.55. The van der Waals surface area contributed by atoms with Gasteiger partial charge in [0.15, 0.2) is 0 Å². The Hall–Kier alpha value is -1.26. The van der Waals surface area contributed by atoms with Crippen molar-refractivity contribution in [2.45, 2.75) is 37.6 Å². The number of hydrogen-bond acceptors (Lipinski definition) is 3. The van der Waals surface area contributed by atoms with E-state index in [1.165, 1.54) is 0 Å². The second-order valence-corrected chi connectivity index (χ2v) is 6.73. The van der Waals surface area contributed by atoms with Crippen LogP contribution in [0.5, 0.6) is 0 Å². The number of esters is 1. The Bertz CT molecular complexity index is 634. The largest absolute Gasteiger partial charge is 0.465 e. The minimum Gasteiger partial charge on any atom is -0.465 e. The van der Waals surface area contributed by atoms with E-state index in [-0.39, 0.29) is 18.6 Å². The van der Waals surface area contributed by atoms with Gasteiger partial charge >= 0.3 is 5.97 Å². The van der Waals surface area contributed by atoms with Crippen LogP contribution < -0.4 is 5.32 Å². The minimum absolute atomic E-state index is 0.104. The molecular formula is C16H17Cl2NO3. The lowest BCUT2D eigenvalue weighted by atomic mass is 9.67. The van der Waals surface area contributed by atoms with Crippen LogP contribution in [0.25, 0.3) is 0 Å². The molecule has 4 nitrogen and oxygen atoms in total. The first kappa shape index (κ1) is 15.6. The molecule has 3 atom stereocenters. The van der Waals surface area contributed by atoms with Crippen LogP contribution in [0.15, 0.2) is 18.2 Å². The number of amides is 1. The van der Waals surface area contributed by atoms with Crippen LogP contribution >= 0.6 is 23.2 Å². The molecule has 1 amide bonds. The van der Waals surface area contributed by atoms with Crippen LogP contribution in [0.3, 0.4) is 0 Å². The van der Waals surface area contributed by atoms with E-state index in [9.17, 15) is 9.59 Å². The van der Waals surface area contributed by atoms with Gasteiger partial charge in [0.2, 0.25) is 5.91 Å². The molecular weight excluding hydrogens is 325 g/mol. The number of benzene rings is 1. The quantitative estimate of drug-likeness (QED) is 0.678. The van der Waals surface area contributed by atoms with Gasteiger partial charge in [0.1, 0.15) is 5.92 Å². The number of carbonyl (C=O) groups is 2. The number of ether oxygens (including phenoxy) is 1. The van der Waals surface area contributed by atoms with Crippen molar-refractivity contribution in [2.75, 3.05) is 6.61 Å². The maximum absolute atomic E-state index is 12.4. The van der Waals surface area contributed by atoms with Crippen LogP contribution in [0.1, 0.15) is 31.7 Å². The Morgan fingerprint density at radius 3 is 2.86 bits per heavy atom. The number of hydrogen-bond donors (Lipinski definition) is 1. The van der Waals surface area contributed by atoms with Crippen LogP contribution in [-0.4, -0.2) is 24.5 Å². The lowest BCUT2D eigenvalue weighted by Crippen LogP contribution is -2.54. The molecule has 1 heterocycles. The van der Waals surface area contributed by atoms with Crippen molar-refractivity contribution < 1.29 is 14.3 Å². The Kier molecular flexibility index (Phi) is 4.08. The zero-order valence-electron chi connectivity index (χ0n) is 12.2. The number of halogens is 2. The summed E-state index contributed by atoms with van der Waals surface area (Å²) in [6.45, 7) is 1.99. The second-order valence-electron chi connectivity index (χ2n) is 5.92. The van der Waals surface area contributed by atoms with E-state index in [4.69, 9.17) is 27.9 Å². The number of rotatable bonds is 3. The first-order chi connectivity index (χ1) is 10.5. The van der Waals surface area contributed by atoms with E-state index in [1.54, 1.807) is 19.1 Å². The number of piperidine rings is 1. The molecule has 22 heavy (non-hydrogen) atoms. The third-order valence-electron chi connectivity index (χ3n) is 4.73. The van der Waals surface area contributed by atoms with E-state index < -0.39 is 17.3 Å². The van der Waals surface area contributed by atoms with Gasteiger partial charge in [0.25, 0.3) is 0 Å². The molecule has 1 aliphatic carbocycles. The molecule has 6 heteroatoms. The maximum atomic E-state index is 12.4. The van der Waals surface area contributed by atoms with E-state index in [0.717, 1.165) is 24.8 Å². The van der Waals surface area contributed by atoms with Crippen molar-refractivity contribution in [1.82, 2.24) is 5.32 Å². The fourth-order valence-electron chi connectivity index (χ4n) is 3.79. The third-order valence-corrected chi connectivity index (χ3v) is 5.47. The highest BCUT2D eigenvalue weighted by Crippen LogP contribution is 2.50. The number of carbonyl (C=O) groups excluding carboxylic acids is 2. The molecule has 0 spiro atoms. The molecule has 0 radical (unpaired) electrons. The van der Waals surface area contributed by atoms with Gasteiger partial charge in [-0.05, 0) is 43.9 Å². The lowest BCUT2D eigenvalue weighted by Gasteiger charge is -2.39. The molecule has 1 N–H and O–H groups in total. The van der Waals surface area contributed by atoms with E-state index in [2.05, 4.69) is 5.32 Å². The van der Waals surface area contributed by atoms with Crippen molar-refractivity contribution in [3.05, 3.63) is 33.8 Å². The molecule has 1 aliphatic heterocycles. The van der Waals surface area contributed by atoms with Crippen molar-refractivity contribution in [2.24, 2.45) is 5.92 Å². The van der Waals surface area contributed by atoms with Gasteiger partial charge in [-0.1, -0.05) is 29.3 Å². The van der Waals surface area contributed by atoms with Gasteiger partial charge in [-0.2, -0.15) is 0 Å². The summed E-state index contributed by atoms with van der Waals surface area (Å²) >= 11 is 12.1. The maximum Gasteiger partial charge on any atom is 0.319 e. The molecule has 0 aromatic heterocycles. The molecule has 0 unspecified atom stereocenters. The van der Waals surface area contributed by atoms with Crippen LogP contribution in [-0.2, 0) is 19.7 Å². The average molecular weight is 342 g/mol. The molecule has 2 fully saturated rings. The van der Waals surface area contributed by atoms with E-state index in [0.29, 0.717) is 10.0 Å². The van der Waals surface area contributed by atoms with Gasteiger partial charge in [0.05, 0.1) is 16.7 Å². The molecule has 1 saturated heterocycles. The molecule has 2 aliphatic rings. The van der Waals surface area contributed by atoms with Gasteiger partial charge in [-0.15, -0.1) is 0 Å². The topological polar surface area (TPSA) is 55.4 Å². The van der Waals surface area contributed by atoms with Gasteiger partial charge < -0.3 is 10.1 Å². The smallest absolute Gasteiger partial charge is 0.319 e. The summed E-state index contributed by atoms with van der Waals surface area (Å²) in [5, 5.41) is 3.82. The highest BCUT2D eigenvalue weighted by Gasteiger charge is 2.57. The van der Waals surface area contributed by atoms with E-state index >= 15 is 0 Å². The highest BCUT2D eigenvalue weighted by atomic mass is 35.5. The SMILES string of the molecule is CCOC(=O)[C@@H]1C(=O)N[C@H]2CC[C@@]1(c1ccc(Cl)c(Cl)c1)C2.